The molecular formula is C9H5BrClNO4. The number of rotatable bonds is 3. The fourth-order valence-corrected chi connectivity index (χ4v) is 1.75. The fourth-order valence-electron chi connectivity index (χ4n) is 0.986. The first-order chi connectivity index (χ1) is 7.47. The highest BCUT2D eigenvalue weighted by atomic mass is 79.9. The number of carbonyl (C=O) groups excluding carboxylic acids is 1. The molecule has 0 atom stereocenters. The molecule has 1 rings (SSSR count). The minimum absolute atomic E-state index is 0.0416. The number of benzene rings is 1. The van der Waals surface area contributed by atoms with Gasteiger partial charge in [0.25, 0.3) is 0 Å². The highest BCUT2D eigenvalue weighted by Crippen LogP contribution is 2.22. The average molecular weight is 306 g/mol. The van der Waals surface area contributed by atoms with Crippen LogP contribution in [0.1, 0.15) is 10.4 Å². The van der Waals surface area contributed by atoms with Gasteiger partial charge in [-0.1, -0.05) is 32.7 Å². The van der Waals surface area contributed by atoms with Gasteiger partial charge in [-0.3, -0.25) is 4.79 Å². The molecule has 0 heterocycles. The van der Waals surface area contributed by atoms with Crippen LogP contribution < -0.4 is 0 Å². The van der Waals surface area contributed by atoms with Crippen molar-refractivity contribution in [2.24, 2.45) is 5.16 Å². The van der Waals surface area contributed by atoms with Crippen LogP contribution >= 0.6 is 27.5 Å². The van der Waals surface area contributed by atoms with Crippen LogP contribution in [0.25, 0.3) is 0 Å². The van der Waals surface area contributed by atoms with Crippen molar-refractivity contribution in [2.45, 2.75) is 0 Å². The monoisotopic (exact) mass is 305 g/mol. The van der Waals surface area contributed by atoms with E-state index in [0.29, 0.717) is 4.47 Å². The molecule has 0 bridgehead atoms. The molecule has 16 heavy (non-hydrogen) atoms. The second-order valence-electron chi connectivity index (χ2n) is 2.71. The number of oxime groups is 1. The summed E-state index contributed by atoms with van der Waals surface area (Å²) in [6.45, 7) is 0. The molecule has 0 aliphatic heterocycles. The maximum atomic E-state index is 11.6. The zero-order valence-electron chi connectivity index (χ0n) is 7.65. The lowest BCUT2D eigenvalue weighted by atomic mass is 10.1. The Balaban J connectivity index is 3.20. The molecule has 0 spiro atoms. The Bertz CT molecular complexity index is 486. The van der Waals surface area contributed by atoms with Gasteiger partial charge >= 0.3 is 5.97 Å². The fraction of sp³-hybridized carbons (Fsp3) is 0. The van der Waals surface area contributed by atoms with Gasteiger partial charge < -0.3 is 10.3 Å². The summed E-state index contributed by atoms with van der Waals surface area (Å²) in [5.74, 6) is -2.57. The van der Waals surface area contributed by atoms with E-state index in [9.17, 15) is 9.59 Å². The van der Waals surface area contributed by atoms with Crippen molar-refractivity contribution in [1.82, 2.24) is 0 Å². The summed E-state index contributed by atoms with van der Waals surface area (Å²) < 4.78 is 0.645. The molecule has 2 N–H and O–H groups in total. The van der Waals surface area contributed by atoms with Gasteiger partial charge in [0.1, 0.15) is 0 Å². The Kier molecular flexibility index (Phi) is 4.03. The first-order valence-corrected chi connectivity index (χ1v) is 5.09. The molecule has 0 radical (unpaired) electrons. The number of hydrogen-bond acceptors (Lipinski definition) is 4. The Labute approximate surface area is 103 Å². The molecule has 5 nitrogen and oxygen atoms in total. The summed E-state index contributed by atoms with van der Waals surface area (Å²) >= 11 is 8.89. The largest absolute Gasteiger partial charge is 0.476 e. The van der Waals surface area contributed by atoms with Gasteiger partial charge in [0.05, 0.1) is 5.02 Å². The standard InChI is InChI=1S/C9H5BrClNO4/c10-4-1-2-5(6(11)3-4)8(13)7(12-16)9(14)15/h1-3,16H,(H,14,15)/b12-7-. The first-order valence-electron chi connectivity index (χ1n) is 3.92. The number of Topliss-reactive ketones (excluding diaryl/α,β-unsaturated/α-hetero) is 1. The minimum Gasteiger partial charge on any atom is -0.476 e. The quantitative estimate of drug-likeness (QED) is 0.295. The van der Waals surface area contributed by atoms with Crippen molar-refractivity contribution in [1.29, 1.82) is 0 Å². The van der Waals surface area contributed by atoms with E-state index in [0.717, 1.165) is 0 Å². The minimum atomic E-state index is -1.62. The molecule has 84 valence electrons. The number of ketones is 1. The number of carboxylic acids is 1. The van der Waals surface area contributed by atoms with Crippen molar-refractivity contribution < 1.29 is 19.9 Å². The van der Waals surface area contributed by atoms with Crippen LogP contribution in [0.5, 0.6) is 0 Å². The highest BCUT2D eigenvalue weighted by molar-refractivity contribution is 9.10. The number of hydrogen-bond donors (Lipinski definition) is 2. The molecule has 0 saturated heterocycles. The molecule has 0 aromatic heterocycles. The average Bonchev–Trinajstić information content (AvgIpc) is 2.17. The van der Waals surface area contributed by atoms with Gasteiger partial charge in [-0.25, -0.2) is 4.79 Å². The van der Waals surface area contributed by atoms with Crippen LogP contribution in [0.2, 0.25) is 5.02 Å². The van der Waals surface area contributed by atoms with E-state index < -0.39 is 17.5 Å². The van der Waals surface area contributed by atoms with Crippen molar-refractivity contribution in [3.63, 3.8) is 0 Å². The maximum absolute atomic E-state index is 11.6. The number of aliphatic carboxylic acids is 1. The second-order valence-corrected chi connectivity index (χ2v) is 4.03. The molecule has 0 unspecified atom stereocenters. The van der Waals surface area contributed by atoms with Crippen LogP contribution in [0.15, 0.2) is 27.8 Å². The molecule has 0 aliphatic rings. The molecule has 7 heteroatoms. The molecule has 1 aromatic rings. The van der Waals surface area contributed by atoms with E-state index in [1.807, 2.05) is 0 Å². The summed E-state index contributed by atoms with van der Waals surface area (Å²) in [4.78, 5) is 22.1. The predicted molar refractivity (Wildman–Crippen MR) is 60.3 cm³/mol. The van der Waals surface area contributed by atoms with Crippen LogP contribution in [-0.2, 0) is 4.79 Å². The lowest BCUT2D eigenvalue weighted by Gasteiger charge is -2.02. The van der Waals surface area contributed by atoms with E-state index in [2.05, 4.69) is 21.1 Å². The molecule has 0 saturated carbocycles. The first kappa shape index (κ1) is 12.7. The maximum Gasteiger partial charge on any atom is 0.362 e. The van der Waals surface area contributed by atoms with Gasteiger partial charge in [0.15, 0.2) is 0 Å². The molecule has 0 aliphatic carbocycles. The Morgan fingerprint density at radius 2 is 2.00 bits per heavy atom. The third-order valence-corrected chi connectivity index (χ3v) is 2.50. The number of carbonyl (C=O) groups is 2. The second kappa shape index (κ2) is 5.09. The topological polar surface area (TPSA) is 87.0 Å². The van der Waals surface area contributed by atoms with E-state index >= 15 is 0 Å². The highest BCUT2D eigenvalue weighted by Gasteiger charge is 2.23. The van der Waals surface area contributed by atoms with Crippen molar-refractivity contribution in [2.75, 3.05) is 0 Å². The van der Waals surface area contributed by atoms with Crippen molar-refractivity contribution in [3.8, 4) is 0 Å². The number of carboxylic acid groups (broad SMARTS) is 1. The van der Waals surface area contributed by atoms with E-state index in [4.69, 9.17) is 21.9 Å². The third-order valence-electron chi connectivity index (χ3n) is 1.69. The van der Waals surface area contributed by atoms with Crippen molar-refractivity contribution in [3.05, 3.63) is 33.3 Å². The summed E-state index contributed by atoms with van der Waals surface area (Å²) in [6.07, 6.45) is 0. The summed E-state index contributed by atoms with van der Waals surface area (Å²) in [6, 6.07) is 4.30. The van der Waals surface area contributed by atoms with Gasteiger partial charge in [0, 0.05) is 10.0 Å². The van der Waals surface area contributed by atoms with Gasteiger partial charge in [-0.15, -0.1) is 0 Å². The number of halogens is 2. The Morgan fingerprint density at radius 3 is 2.44 bits per heavy atom. The van der Waals surface area contributed by atoms with E-state index in [1.165, 1.54) is 18.2 Å². The summed E-state index contributed by atoms with van der Waals surface area (Å²) in [5, 5.41) is 19.5. The van der Waals surface area contributed by atoms with E-state index in [1.54, 1.807) is 0 Å². The normalized spacial score (nSPS) is 11.2. The Morgan fingerprint density at radius 1 is 1.38 bits per heavy atom. The van der Waals surface area contributed by atoms with Crippen LogP contribution in [0.3, 0.4) is 0 Å². The van der Waals surface area contributed by atoms with Gasteiger partial charge in [-0.05, 0) is 18.2 Å². The third kappa shape index (κ3) is 2.59. The summed E-state index contributed by atoms with van der Waals surface area (Å²) in [5.41, 5.74) is -1.02. The van der Waals surface area contributed by atoms with Crippen LogP contribution in [0.4, 0.5) is 0 Å². The van der Waals surface area contributed by atoms with Gasteiger partial charge in [0.2, 0.25) is 11.5 Å². The molecular weight excluding hydrogens is 301 g/mol. The van der Waals surface area contributed by atoms with E-state index in [-0.39, 0.29) is 10.6 Å². The lowest BCUT2D eigenvalue weighted by molar-refractivity contribution is -0.129. The smallest absolute Gasteiger partial charge is 0.362 e. The molecule has 0 amide bonds. The van der Waals surface area contributed by atoms with Crippen LogP contribution in [-0.4, -0.2) is 27.8 Å². The van der Waals surface area contributed by atoms with Gasteiger partial charge in [-0.2, -0.15) is 0 Å². The summed E-state index contributed by atoms with van der Waals surface area (Å²) in [7, 11) is 0. The number of nitrogens with zero attached hydrogens (tertiary/aromatic N) is 1. The predicted octanol–water partition coefficient (Wildman–Crippen LogP) is 2.20. The lowest BCUT2D eigenvalue weighted by Crippen LogP contribution is -2.24. The Hall–Kier alpha value is -1.40. The molecule has 0 fully saturated rings. The van der Waals surface area contributed by atoms with Crippen molar-refractivity contribution >= 4 is 45.0 Å². The zero-order valence-corrected chi connectivity index (χ0v) is 9.99. The van der Waals surface area contributed by atoms with Crippen LogP contribution in [0, 0.1) is 0 Å². The SMILES string of the molecule is O=C(O)/C(=N\O)C(=O)c1ccc(Br)cc1Cl. The molecule has 1 aromatic carbocycles. The zero-order chi connectivity index (χ0) is 12.3.